The third-order valence-electron chi connectivity index (χ3n) is 3.59. The lowest BCUT2D eigenvalue weighted by Gasteiger charge is -2.31. The molecular formula is C12H22N2O. The normalized spacial score (nSPS) is 31.9. The average molecular weight is 210 g/mol. The minimum Gasteiger partial charge on any atom is -0.342 e. The van der Waals surface area contributed by atoms with E-state index in [-0.39, 0.29) is 0 Å². The van der Waals surface area contributed by atoms with E-state index in [2.05, 4.69) is 17.1 Å². The van der Waals surface area contributed by atoms with Crippen molar-refractivity contribution >= 4 is 5.91 Å². The van der Waals surface area contributed by atoms with E-state index < -0.39 is 0 Å². The molecule has 0 spiro atoms. The van der Waals surface area contributed by atoms with Crippen LogP contribution in [0, 0.1) is 5.92 Å². The first-order valence-electron chi connectivity index (χ1n) is 6.27. The zero-order valence-corrected chi connectivity index (χ0v) is 9.67. The van der Waals surface area contributed by atoms with Gasteiger partial charge in [-0.3, -0.25) is 4.79 Å². The number of likely N-dealkylation sites (tertiary alicyclic amines) is 1. The van der Waals surface area contributed by atoms with Crippen molar-refractivity contribution in [3.05, 3.63) is 0 Å². The molecule has 15 heavy (non-hydrogen) atoms. The van der Waals surface area contributed by atoms with E-state index >= 15 is 0 Å². The Kier molecular flexibility index (Phi) is 3.62. The zero-order valence-electron chi connectivity index (χ0n) is 9.67. The fourth-order valence-corrected chi connectivity index (χ4v) is 2.69. The second-order valence-corrected chi connectivity index (χ2v) is 5.08. The number of nitrogens with zero attached hydrogens (tertiary/aromatic N) is 1. The lowest BCUT2D eigenvalue weighted by molar-refractivity contribution is -0.133. The van der Waals surface area contributed by atoms with Gasteiger partial charge in [-0.15, -0.1) is 0 Å². The SMILES string of the molecule is CC1CCCN(C(=O)CC2CCCN2)C1. The Bertz CT molecular complexity index is 224. The van der Waals surface area contributed by atoms with E-state index in [1.54, 1.807) is 0 Å². The molecule has 0 saturated carbocycles. The van der Waals surface area contributed by atoms with Crippen LogP contribution in [0.15, 0.2) is 0 Å². The Labute approximate surface area is 92.2 Å². The first kappa shape index (κ1) is 10.9. The largest absolute Gasteiger partial charge is 0.342 e. The highest BCUT2D eigenvalue weighted by Gasteiger charge is 2.24. The highest BCUT2D eigenvalue weighted by Crippen LogP contribution is 2.18. The van der Waals surface area contributed by atoms with Gasteiger partial charge in [-0.05, 0) is 38.1 Å². The molecule has 0 aromatic heterocycles. The van der Waals surface area contributed by atoms with Gasteiger partial charge in [0.15, 0.2) is 0 Å². The van der Waals surface area contributed by atoms with Crippen molar-refractivity contribution < 1.29 is 4.79 Å². The van der Waals surface area contributed by atoms with Crippen LogP contribution in [0.1, 0.15) is 39.0 Å². The Morgan fingerprint density at radius 2 is 2.27 bits per heavy atom. The molecule has 1 N–H and O–H groups in total. The molecule has 3 heteroatoms. The molecule has 3 nitrogen and oxygen atoms in total. The molecule has 0 aliphatic carbocycles. The van der Waals surface area contributed by atoms with E-state index in [1.807, 2.05) is 0 Å². The zero-order chi connectivity index (χ0) is 10.7. The van der Waals surface area contributed by atoms with E-state index in [1.165, 1.54) is 25.7 Å². The summed E-state index contributed by atoms with van der Waals surface area (Å²) in [5.74, 6) is 1.06. The van der Waals surface area contributed by atoms with Crippen LogP contribution in [-0.2, 0) is 4.79 Å². The molecule has 0 aromatic carbocycles. The number of carbonyl (C=O) groups is 1. The summed E-state index contributed by atoms with van der Waals surface area (Å²) in [4.78, 5) is 14.0. The predicted molar refractivity (Wildman–Crippen MR) is 60.6 cm³/mol. The van der Waals surface area contributed by atoms with Crippen LogP contribution in [0.2, 0.25) is 0 Å². The van der Waals surface area contributed by atoms with E-state index in [0.29, 0.717) is 24.3 Å². The van der Waals surface area contributed by atoms with Gasteiger partial charge in [0.05, 0.1) is 0 Å². The molecule has 2 aliphatic heterocycles. The van der Waals surface area contributed by atoms with Gasteiger partial charge < -0.3 is 10.2 Å². The van der Waals surface area contributed by atoms with Crippen LogP contribution < -0.4 is 5.32 Å². The van der Waals surface area contributed by atoms with Gasteiger partial charge in [0.2, 0.25) is 5.91 Å². The van der Waals surface area contributed by atoms with E-state index in [9.17, 15) is 4.79 Å². The van der Waals surface area contributed by atoms with Gasteiger partial charge in [-0.1, -0.05) is 6.92 Å². The van der Waals surface area contributed by atoms with Crippen molar-refractivity contribution in [1.29, 1.82) is 0 Å². The lowest BCUT2D eigenvalue weighted by Crippen LogP contribution is -2.41. The monoisotopic (exact) mass is 210 g/mol. The highest BCUT2D eigenvalue weighted by molar-refractivity contribution is 5.77. The van der Waals surface area contributed by atoms with Gasteiger partial charge >= 0.3 is 0 Å². The predicted octanol–water partition coefficient (Wildman–Crippen LogP) is 1.39. The maximum Gasteiger partial charge on any atom is 0.224 e. The second kappa shape index (κ2) is 4.97. The van der Waals surface area contributed by atoms with Gasteiger partial charge in [0, 0.05) is 25.6 Å². The second-order valence-electron chi connectivity index (χ2n) is 5.08. The minimum absolute atomic E-state index is 0.362. The van der Waals surface area contributed by atoms with Crippen molar-refractivity contribution in [2.75, 3.05) is 19.6 Å². The number of nitrogens with one attached hydrogen (secondary N) is 1. The molecule has 2 unspecified atom stereocenters. The van der Waals surface area contributed by atoms with Crippen LogP contribution >= 0.6 is 0 Å². The van der Waals surface area contributed by atoms with Crippen molar-refractivity contribution in [3.63, 3.8) is 0 Å². The summed E-state index contributed by atoms with van der Waals surface area (Å²) in [5, 5.41) is 3.39. The van der Waals surface area contributed by atoms with Crippen molar-refractivity contribution in [1.82, 2.24) is 10.2 Å². The number of hydrogen-bond acceptors (Lipinski definition) is 2. The Morgan fingerprint density at radius 1 is 1.40 bits per heavy atom. The third kappa shape index (κ3) is 2.94. The Hall–Kier alpha value is -0.570. The number of carbonyl (C=O) groups excluding carboxylic acids is 1. The fraction of sp³-hybridized carbons (Fsp3) is 0.917. The summed E-state index contributed by atoms with van der Waals surface area (Å²) in [7, 11) is 0. The molecule has 2 aliphatic rings. The molecule has 2 heterocycles. The summed E-state index contributed by atoms with van der Waals surface area (Å²) >= 11 is 0. The molecule has 0 bridgehead atoms. The molecule has 86 valence electrons. The van der Waals surface area contributed by atoms with Gasteiger partial charge in [-0.25, -0.2) is 0 Å². The average Bonchev–Trinajstić information content (AvgIpc) is 2.70. The number of hydrogen-bond donors (Lipinski definition) is 1. The summed E-state index contributed by atoms with van der Waals surface area (Å²) < 4.78 is 0. The summed E-state index contributed by atoms with van der Waals surface area (Å²) in [6, 6.07) is 0.453. The number of rotatable bonds is 2. The van der Waals surface area contributed by atoms with Gasteiger partial charge in [0.25, 0.3) is 0 Å². The fourth-order valence-electron chi connectivity index (χ4n) is 2.69. The van der Waals surface area contributed by atoms with Gasteiger partial charge in [-0.2, -0.15) is 0 Å². The Balaban J connectivity index is 1.78. The maximum atomic E-state index is 12.0. The minimum atomic E-state index is 0.362. The van der Waals surface area contributed by atoms with Gasteiger partial charge in [0.1, 0.15) is 0 Å². The number of piperidine rings is 1. The van der Waals surface area contributed by atoms with Crippen LogP contribution in [0.3, 0.4) is 0 Å². The number of amides is 1. The van der Waals surface area contributed by atoms with Crippen molar-refractivity contribution in [2.45, 2.75) is 45.1 Å². The highest BCUT2D eigenvalue weighted by atomic mass is 16.2. The first-order valence-corrected chi connectivity index (χ1v) is 6.27. The summed E-state index contributed by atoms with van der Waals surface area (Å²) in [6.45, 7) is 5.29. The van der Waals surface area contributed by atoms with E-state index in [4.69, 9.17) is 0 Å². The Morgan fingerprint density at radius 3 is 2.93 bits per heavy atom. The van der Waals surface area contributed by atoms with E-state index in [0.717, 1.165) is 19.6 Å². The smallest absolute Gasteiger partial charge is 0.224 e. The van der Waals surface area contributed by atoms with Crippen LogP contribution in [0.25, 0.3) is 0 Å². The molecule has 2 atom stereocenters. The van der Waals surface area contributed by atoms with Crippen LogP contribution in [0.5, 0.6) is 0 Å². The molecule has 1 amide bonds. The molecule has 2 fully saturated rings. The third-order valence-corrected chi connectivity index (χ3v) is 3.59. The summed E-state index contributed by atoms with van der Waals surface area (Å²) in [5.41, 5.74) is 0. The lowest BCUT2D eigenvalue weighted by atomic mass is 9.99. The topological polar surface area (TPSA) is 32.3 Å². The first-order chi connectivity index (χ1) is 7.25. The molecule has 0 radical (unpaired) electrons. The maximum absolute atomic E-state index is 12.0. The van der Waals surface area contributed by atoms with Crippen LogP contribution in [0.4, 0.5) is 0 Å². The summed E-state index contributed by atoms with van der Waals surface area (Å²) in [6.07, 6.45) is 5.59. The quantitative estimate of drug-likeness (QED) is 0.747. The van der Waals surface area contributed by atoms with Crippen molar-refractivity contribution in [2.24, 2.45) is 5.92 Å². The molecule has 0 aromatic rings. The molecule has 2 rings (SSSR count). The standard InChI is InChI=1S/C12H22N2O/c1-10-4-3-7-14(9-10)12(15)8-11-5-2-6-13-11/h10-11,13H,2-9H2,1H3. The molecular weight excluding hydrogens is 188 g/mol. The van der Waals surface area contributed by atoms with Crippen LogP contribution in [-0.4, -0.2) is 36.5 Å². The van der Waals surface area contributed by atoms with Crippen molar-refractivity contribution in [3.8, 4) is 0 Å². The molecule has 2 saturated heterocycles.